The summed E-state index contributed by atoms with van der Waals surface area (Å²) in [4.78, 5) is 22.6. The van der Waals surface area contributed by atoms with Crippen LogP contribution in [0.15, 0.2) is 36.5 Å². The van der Waals surface area contributed by atoms with Gasteiger partial charge in [0, 0.05) is 12.6 Å². The third kappa shape index (κ3) is 3.82. The molecule has 0 fully saturated rings. The fourth-order valence-corrected chi connectivity index (χ4v) is 1.83. The molecule has 0 bridgehead atoms. The fraction of sp³-hybridized carbons (Fsp3) is 0.214. The number of carbonyl (C=O) groups excluding carboxylic acids is 1. The van der Waals surface area contributed by atoms with Crippen LogP contribution >= 0.6 is 0 Å². The van der Waals surface area contributed by atoms with Gasteiger partial charge in [-0.05, 0) is 5.56 Å². The number of rotatable bonds is 5. The molecule has 7 nitrogen and oxygen atoms in total. The highest BCUT2D eigenvalue weighted by Crippen LogP contribution is 2.07. The van der Waals surface area contributed by atoms with Gasteiger partial charge in [-0.25, -0.2) is 9.59 Å². The second-order valence-corrected chi connectivity index (χ2v) is 4.36. The van der Waals surface area contributed by atoms with Crippen molar-refractivity contribution in [1.82, 2.24) is 15.1 Å². The van der Waals surface area contributed by atoms with Gasteiger partial charge in [0.25, 0.3) is 0 Å². The molecule has 1 aromatic carbocycles. The number of hydrogen-bond donors (Lipinski definition) is 2. The van der Waals surface area contributed by atoms with Gasteiger partial charge in [0.2, 0.25) is 0 Å². The Bertz CT molecular complexity index is 637. The number of carboxylic acids is 1. The van der Waals surface area contributed by atoms with E-state index < -0.39 is 12.1 Å². The molecular weight excluding hydrogens is 274 g/mol. The first-order valence-corrected chi connectivity index (χ1v) is 6.26. The van der Waals surface area contributed by atoms with E-state index in [4.69, 9.17) is 9.84 Å². The van der Waals surface area contributed by atoms with Gasteiger partial charge in [-0.3, -0.25) is 4.68 Å². The molecule has 7 heteroatoms. The van der Waals surface area contributed by atoms with Gasteiger partial charge in [-0.1, -0.05) is 30.3 Å². The van der Waals surface area contributed by atoms with Crippen molar-refractivity contribution < 1.29 is 19.4 Å². The molecule has 2 N–H and O–H groups in total. The fourth-order valence-electron chi connectivity index (χ4n) is 1.83. The lowest BCUT2D eigenvalue weighted by Crippen LogP contribution is -2.24. The Hall–Kier alpha value is -2.83. The van der Waals surface area contributed by atoms with Crippen LogP contribution in [-0.4, -0.2) is 26.9 Å². The quantitative estimate of drug-likeness (QED) is 0.871. The van der Waals surface area contributed by atoms with Gasteiger partial charge in [-0.15, -0.1) is 0 Å². The Kier molecular flexibility index (Phi) is 4.55. The Morgan fingerprint density at radius 1 is 1.33 bits per heavy atom. The van der Waals surface area contributed by atoms with Crippen molar-refractivity contribution in [3.8, 4) is 0 Å². The Balaban J connectivity index is 1.86. The molecule has 2 rings (SSSR count). The number of alkyl carbamates (subject to hydrolysis) is 1. The lowest BCUT2D eigenvalue weighted by molar-refractivity contribution is 0.0683. The molecule has 0 aliphatic rings. The van der Waals surface area contributed by atoms with Crippen molar-refractivity contribution in [3.63, 3.8) is 0 Å². The molecule has 1 aromatic heterocycles. The molecule has 2 aromatic rings. The van der Waals surface area contributed by atoms with Crippen LogP contribution in [0.5, 0.6) is 0 Å². The first kappa shape index (κ1) is 14.6. The van der Waals surface area contributed by atoms with E-state index >= 15 is 0 Å². The van der Waals surface area contributed by atoms with Crippen LogP contribution < -0.4 is 5.32 Å². The van der Waals surface area contributed by atoms with Crippen molar-refractivity contribution in [2.24, 2.45) is 7.05 Å². The van der Waals surface area contributed by atoms with Crippen molar-refractivity contribution in [3.05, 3.63) is 53.3 Å². The molecule has 0 saturated carbocycles. The highest BCUT2D eigenvalue weighted by atomic mass is 16.5. The Morgan fingerprint density at radius 3 is 2.71 bits per heavy atom. The first-order chi connectivity index (χ1) is 10.1. The molecule has 1 heterocycles. The van der Waals surface area contributed by atoms with Crippen LogP contribution in [0, 0.1) is 0 Å². The number of ether oxygens (including phenoxy) is 1. The molecule has 0 unspecified atom stereocenters. The molecule has 0 radical (unpaired) electrons. The largest absolute Gasteiger partial charge is 0.477 e. The van der Waals surface area contributed by atoms with Gasteiger partial charge in [0.1, 0.15) is 6.61 Å². The van der Waals surface area contributed by atoms with Crippen molar-refractivity contribution in [2.45, 2.75) is 13.2 Å². The van der Waals surface area contributed by atoms with E-state index in [0.717, 1.165) is 5.56 Å². The number of carbonyl (C=O) groups is 2. The van der Waals surface area contributed by atoms with E-state index in [1.807, 2.05) is 30.3 Å². The lowest BCUT2D eigenvalue weighted by Gasteiger charge is -2.07. The second kappa shape index (κ2) is 6.56. The maximum absolute atomic E-state index is 11.6. The summed E-state index contributed by atoms with van der Waals surface area (Å²) >= 11 is 0. The van der Waals surface area contributed by atoms with E-state index in [0.29, 0.717) is 5.56 Å². The average Bonchev–Trinajstić information content (AvgIpc) is 2.85. The average molecular weight is 289 g/mol. The number of nitrogens with one attached hydrogen (secondary N) is 1. The van der Waals surface area contributed by atoms with Crippen LogP contribution in [0.3, 0.4) is 0 Å². The van der Waals surface area contributed by atoms with Gasteiger partial charge >= 0.3 is 12.1 Å². The summed E-state index contributed by atoms with van der Waals surface area (Å²) in [7, 11) is 1.53. The van der Waals surface area contributed by atoms with Crippen LogP contribution in [0.4, 0.5) is 4.79 Å². The molecule has 0 atom stereocenters. The van der Waals surface area contributed by atoms with Gasteiger partial charge in [0.15, 0.2) is 5.69 Å². The lowest BCUT2D eigenvalue weighted by atomic mass is 10.2. The number of nitrogens with zero attached hydrogens (tertiary/aromatic N) is 2. The van der Waals surface area contributed by atoms with Crippen LogP contribution in [0.1, 0.15) is 21.6 Å². The summed E-state index contributed by atoms with van der Waals surface area (Å²) in [5.74, 6) is -1.09. The van der Waals surface area contributed by atoms with Crippen LogP contribution in [-0.2, 0) is 24.9 Å². The number of carboxylic acid groups (broad SMARTS) is 1. The standard InChI is InChI=1S/C14H15N3O4/c1-17-12(13(18)19)11(8-16-17)7-15-14(20)21-9-10-5-3-2-4-6-10/h2-6,8H,7,9H2,1H3,(H,15,20)(H,18,19). The second-order valence-electron chi connectivity index (χ2n) is 4.36. The molecule has 0 spiro atoms. The first-order valence-electron chi connectivity index (χ1n) is 6.26. The van der Waals surface area contributed by atoms with Gasteiger partial charge in [0.05, 0.1) is 12.7 Å². The molecule has 0 aliphatic carbocycles. The zero-order valence-corrected chi connectivity index (χ0v) is 11.4. The number of hydrogen-bond acceptors (Lipinski definition) is 4. The molecular formula is C14H15N3O4. The smallest absolute Gasteiger partial charge is 0.407 e. The maximum atomic E-state index is 11.6. The van der Waals surface area contributed by atoms with Crippen molar-refractivity contribution in [2.75, 3.05) is 0 Å². The van der Waals surface area contributed by atoms with Crippen molar-refractivity contribution >= 4 is 12.1 Å². The van der Waals surface area contributed by atoms with E-state index in [-0.39, 0.29) is 18.8 Å². The summed E-state index contributed by atoms with van der Waals surface area (Å²) in [5.41, 5.74) is 1.33. The zero-order valence-electron chi connectivity index (χ0n) is 11.4. The summed E-state index contributed by atoms with van der Waals surface area (Å²) in [5, 5.41) is 15.4. The number of amides is 1. The predicted octanol–water partition coefficient (Wildman–Crippen LogP) is 1.54. The van der Waals surface area contributed by atoms with Crippen LogP contribution in [0.25, 0.3) is 0 Å². The topological polar surface area (TPSA) is 93.5 Å². The Labute approximate surface area is 121 Å². The minimum Gasteiger partial charge on any atom is -0.477 e. The summed E-state index contributed by atoms with van der Waals surface area (Å²) in [6.45, 7) is 0.203. The van der Waals surface area contributed by atoms with E-state index in [2.05, 4.69) is 10.4 Å². The number of aromatic carboxylic acids is 1. The normalized spacial score (nSPS) is 10.1. The van der Waals surface area contributed by atoms with E-state index in [1.54, 1.807) is 0 Å². The predicted molar refractivity (Wildman–Crippen MR) is 73.6 cm³/mol. The molecule has 1 amide bonds. The summed E-state index contributed by atoms with van der Waals surface area (Å²) < 4.78 is 6.28. The Morgan fingerprint density at radius 2 is 2.05 bits per heavy atom. The summed E-state index contributed by atoms with van der Waals surface area (Å²) in [6, 6.07) is 9.27. The molecule has 0 saturated heterocycles. The molecule has 21 heavy (non-hydrogen) atoms. The number of aryl methyl sites for hydroxylation is 1. The van der Waals surface area contributed by atoms with Crippen molar-refractivity contribution in [1.29, 1.82) is 0 Å². The monoisotopic (exact) mass is 289 g/mol. The highest BCUT2D eigenvalue weighted by Gasteiger charge is 2.16. The summed E-state index contributed by atoms with van der Waals surface area (Å²) in [6.07, 6.45) is 0.792. The third-order valence-electron chi connectivity index (χ3n) is 2.85. The third-order valence-corrected chi connectivity index (χ3v) is 2.85. The number of benzene rings is 1. The molecule has 0 aliphatic heterocycles. The van der Waals surface area contributed by atoms with E-state index in [9.17, 15) is 9.59 Å². The maximum Gasteiger partial charge on any atom is 0.407 e. The van der Waals surface area contributed by atoms with Crippen LogP contribution in [0.2, 0.25) is 0 Å². The van der Waals surface area contributed by atoms with E-state index in [1.165, 1.54) is 17.9 Å². The minimum atomic E-state index is -1.09. The minimum absolute atomic E-state index is 0.0401. The number of aromatic nitrogens is 2. The van der Waals surface area contributed by atoms with Gasteiger partial charge < -0.3 is 15.2 Å². The van der Waals surface area contributed by atoms with Gasteiger partial charge in [-0.2, -0.15) is 5.10 Å². The highest BCUT2D eigenvalue weighted by molar-refractivity contribution is 5.87. The zero-order chi connectivity index (χ0) is 15.2. The molecule has 110 valence electrons. The SMILES string of the molecule is Cn1ncc(CNC(=O)OCc2ccccc2)c1C(=O)O.